The maximum absolute atomic E-state index is 13.7. The van der Waals surface area contributed by atoms with E-state index in [1.807, 2.05) is 0 Å². The highest BCUT2D eigenvalue weighted by molar-refractivity contribution is 7.19. The number of amides is 2. The monoisotopic (exact) mass is 498 g/mol. The molecule has 1 aromatic heterocycles. The standard InChI is InChI=1S/C24H23FN4O5S/c25-15-4-1-3-14(13-15)20-22(28-23(26)35-20)34-24(31)29(16-7-8-16)10-9-27-21(30)17-5-2-6-18-19(17)33-12-11-32-18/h1-6,13,16H,7-12H2,(H2,26,28)(H,27,30). The van der Waals surface area contributed by atoms with Crippen LogP contribution in [0.3, 0.4) is 0 Å². The first-order valence-corrected chi connectivity index (χ1v) is 12.0. The predicted molar refractivity (Wildman–Crippen MR) is 127 cm³/mol. The molecule has 0 bridgehead atoms. The van der Waals surface area contributed by atoms with E-state index >= 15 is 0 Å². The molecular formula is C24H23FN4O5S. The van der Waals surface area contributed by atoms with Gasteiger partial charge in [0.2, 0.25) is 5.88 Å². The summed E-state index contributed by atoms with van der Waals surface area (Å²) >= 11 is 1.11. The third kappa shape index (κ3) is 5.14. The fourth-order valence-corrected chi connectivity index (χ4v) is 4.55. The van der Waals surface area contributed by atoms with E-state index in [1.54, 1.807) is 35.2 Å². The van der Waals surface area contributed by atoms with Gasteiger partial charge in [-0.25, -0.2) is 9.18 Å². The van der Waals surface area contributed by atoms with Gasteiger partial charge in [0.15, 0.2) is 16.6 Å². The van der Waals surface area contributed by atoms with Gasteiger partial charge >= 0.3 is 6.09 Å². The number of nitrogens with zero attached hydrogens (tertiary/aromatic N) is 2. The van der Waals surface area contributed by atoms with Gasteiger partial charge < -0.3 is 30.2 Å². The number of fused-ring (bicyclic) bond motifs is 1. The molecule has 1 aliphatic carbocycles. The quantitative estimate of drug-likeness (QED) is 0.510. The molecular weight excluding hydrogens is 475 g/mol. The van der Waals surface area contributed by atoms with Crippen LogP contribution in [-0.2, 0) is 0 Å². The second kappa shape index (κ2) is 9.79. The summed E-state index contributed by atoms with van der Waals surface area (Å²) in [4.78, 5) is 31.9. The van der Waals surface area contributed by atoms with Crippen LogP contribution in [0.5, 0.6) is 17.4 Å². The summed E-state index contributed by atoms with van der Waals surface area (Å²) in [6.45, 7) is 1.26. The van der Waals surface area contributed by atoms with Crippen LogP contribution in [0.25, 0.3) is 10.4 Å². The van der Waals surface area contributed by atoms with Crippen LogP contribution in [0.15, 0.2) is 42.5 Å². The van der Waals surface area contributed by atoms with Gasteiger partial charge in [0.25, 0.3) is 5.91 Å². The maximum atomic E-state index is 13.7. The lowest BCUT2D eigenvalue weighted by Crippen LogP contribution is -2.41. The van der Waals surface area contributed by atoms with Gasteiger partial charge in [0, 0.05) is 24.7 Å². The number of thiazole rings is 1. The zero-order chi connectivity index (χ0) is 24.4. The van der Waals surface area contributed by atoms with Gasteiger partial charge in [-0.3, -0.25) is 4.79 Å². The summed E-state index contributed by atoms with van der Waals surface area (Å²) in [6.07, 6.45) is 1.09. The third-order valence-electron chi connectivity index (χ3n) is 5.55. The Morgan fingerprint density at radius 3 is 2.80 bits per heavy atom. The van der Waals surface area contributed by atoms with Crippen molar-refractivity contribution in [1.82, 2.24) is 15.2 Å². The Bertz CT molecular complexity index is 1260. The number of ether oxygens (including phenoxy) is 3. The topological polar surface area (TPSA) is 116 Å². The summed E-state index contributed by atoms with van der Waals surface area (Å²) in [7, 11) is 0. The van der Waals surface area contributed by atoms with E-state index in [9.17, 15) is 14.0 Å². The molecule has 0 saturated heterocycles. The van der Waals surface area contributed by atoms with Crippen LogP contribution in [0.2, 0.25) is 0 Å². The van der Waals surface area contributed by atoms with E-state index < -0.39 is 11.9 Å². The van der Waals surface area contributed by atoms with Crippen LogP contribution in [0, 0.1) is 5.82 Å². The Kier molecular flexibility index (Phi) is 6.41. The fraction of sp³-hybridized carbons (Fsp3) is 0.292. The molecule has 1 saturated carbocycles. The van der Waals surface area contributed by atoms with E-state index in [0.717, 1.165) is 24.2 Å². The number of nitrogens with two attached hydrogens (primary N) is 1. The molecule has 2 amide bonds. The van der Waals surface area contributed by atoms with Crippen molar-refractivity contribution in [2.24, 2.45) is 0 Å². The number of rotatable bonds is 7. The molecule has 0 spiro atoms. The number of benzene rings is 2. The minimum atomic E-state index is -0.599. The molecule has 35 heavy (non-hydrogen) atoms. The van der Waals surface area contributed by atoms with Gasteiger partial charge in [-0.15, -0.1) is 0 Å². The highest BCUT2D eigenvalue weighted by atomic mass is 32.1. The van der Waals surface area contributed by atoms with E-state index in [0.29, 0.717) is 40.7 Å². The zero-order valence-electron chi connectivity index (χ0n) is 18.7. The Morgan fingerprint density at radius 2 is 2.00 bits per heavy atom. The molecule has 2 aromatic carbocycles. The lowest BCUT2D eigenvalue weighted by atomic mass is 10.1. The van der Waals surface area contributed by atoms with Crippen LogP contribution in [0.4, 0.5) is 14.3 Å². The van der Waals surface area contributed by atoms with Crippen molar-refractivity contribution >= 4 is 28.5 Å². The summed E-state index contributed by atoms with van der Waals surface area (Å²) in [5.74, 6) is 0.242. The number of nitrogen functional groups attached to an aromatic ring is 1. The summed E-state index contributed by atoms with van der Waals surface area (Å²) < 4.78 is 30.4. The molecule has 5 rings (SSSR count). The first-order chi connectivity index (χ1) is 17.0. The lowest BCUT2D eigenvalue weighted by molar-refractivity contribution is 0.0933. The highest BCUT2D eigenvalue weighted by Crippen LogP contribution is 2.38. The molecule has 3 N–H and O–H groups in total. The van der Waals surface area contributed by atoms with Gasteiger partial charge in [-0.1, -0.05) is 29.5 Å². The minimum Gasteiger partial charge on any atom is -0.486 e. The Balaban J connectivity index is 1.24. The molecule has 2 heterocycles. The molecule has 9 nitrogen and oxygen atoms in total. The number of carbonyl (C=O) groups excluding carboxylic acids is 2. The van der Waals surface area contributed by atoms with Gasteiger partial charge in [0.05, 0.1) is 5.56 Å². The molecule has 1 aliphatic heterocycles. The number of para-hydroxylation sites is 1. The molecule has 11 heteroatoms. The van der Waals surface area contributed by atoms with Crippen LogP contribution in [-0.4, -0.2) is 54.2 Å². The number of aromatic nitrogens is 1. The van der Waals surface area contributed by atoms with Crippen molar-refractivity contribution in [2.75, 3.05) is 32.0 Å². The number of carbonyl (C=O) groups is 2. The molecule has 0 radical (unpaired) electrons. The van der Waals surface area contributed by atoms with Gasteiger partial charge in [-0.05, 0) is 37.1 Å². The fourth-order valence-electron chi connectivity index (χ4n) is 3.79. The number of hydrogen-bond acceptors (Lipinski definition) is 8. The largest absolute Gasteiger partial charge is 0.486 e. The van der Waals surface area contributed by atoms with Gasteiger partial charge in [-0.2, -0.15) is 4.98 Å². The number of anilines is 1. The smallest absolute Gasteiger partial charge is 0.416 e. The van der Waals surface area contributed by atoms with Crippen LogP contribution < -0.4 is 25.3 Å². The van der Waals surface area contributed by atoms with Crippen molar-refractivity contribution < 1.29 is 28.2 Å². The van der Waals surface area contributed by atoms with Crippen LogP contribution in [0.1, 0.15) is 23.2 Å². The van der Waals surface area contributed by atoms with E-state index in [1.165, 1.54) is 12.1 Å². The Hall–Kier alpha value is -3.86. The van der Waals surface area contributed by atoms with E-state index in [4.69, 9.17) is 19.9 Å². The molecule has 3 aromatic rings. The van der Waals surface area contributed by atoms with Crippen molar-refractivity contribution in [2.45, 2.75) is 18.9 Å². The predicted octanol–water partition coefficient (Wildman–Crippen LogP) is 3.70. The lowest BCUT2D eigenvalue weighted by Gasteiger charge is -2.22. The van der Waals surface area contributed by atoms with Crippen molar-refractivity contribution in [3.8, 4) is 27.8 Å². The summed E-state index contributed by atoms with van der Waals surface area (Å²) in [6, 6.07) is 11.1. The highest BCUT2D eigenvalue weighted by Gasteiger charge is 2.34. The molecule has 2 aliphatic rings. The molecule has 182 valence electrons. The average molecular weight is 499 g/mol. The first kappa shape index (κ1) is 22.9. The molecule has 1 fully saturated rings. The van der Waals surface area contributed by atoms with Crippen molar-refractivity contribution in [1.29, 1.82) is 0 Å². The molecule has 0 unspecified atom stereocenters. The molecule has 0 atom stereocenters. The number of nitrogens with one attached hydrogen (secondary N) is 1. The zero-order valence-corrected chi connectivity index (χ0v) is 19.5. The Labute approximate surface area is 204 Å². The maximum Gasteiger partial charge on any atom is 0.416 e. The van der Waals surface area contributed by atoms with E-state index in [-0.39, 0.29) is 36.1 Å². The van der Waals surface area contributed by atoms with Crippen molar-refractivity contribution in [3.63, 3.8) is 0 Å². The number of hydrogen-bond donors (Lipinski definition) is 2. The van der Waals surface area contributed by atoms with Crippen molar-refractivity contribution in [3.05, 3.63) is 53.8 Å². The first-order valence-electron chi connectivity index (χ1n) is 11.2. The Morgan fingerprint density at radius 1 is 1.20 bits per heavy atom. The SMILES string of the molecule is Nc1nc(OC(=O)N(CCNC(=O)c2cccc3c2OCCO3)C2CC2)c(-c2cccc(F)c2)s1. The summed E-state index contributed by atoms with van der Waals surface area (Å²) in [5.41, 5.74) is 6.73. The minimum absolute atomic E-state index is 0.0224. The van der Waals surface area contributed by atoms with Gasteiger partial charge in [0.1, 0.15) is 23.9 Å². The van der Waals surface area contributed by atoms with E-state index in [2.05, 4.69) is 10.3 Å². The second-order valence-electron chi connectivity index (χ2n) is 8.07. The van der Waals surface area contributed by atoms with Crippen LogP contribution >= 0.6 is 11.3 Å². The number of halogens is 1. The average Bonchev–Trinajstić information content (AvgIpc) is 3.63. The summed E-state index contributed by atoms with van der Waals surface area (Å²) in [5, 5.41) is 3.03. The second-order valence-corrected chi connectivity index (χ2v) is 9.11. The third-order valence-corrected chi connectivity index (χ3v) is 6.47. The normalized spacial score (nSPS) is 14.3.